The average molecular weight is 365 g/mol. The number of carboxylic acids is 1. The van der Waals surface area contributed by atoms with Gasteiger partial charge >= 0.3 is 5.97 Å². The van der Waals surface area contributed by atoms with Gasteiger partial charge in [-0.2, -0.15) is 0 Å². The van der Waals surface area contributed by atoms with E-state index in [9.17, 15) is 14.7 Å². The molecule has 26 heavy (non-hydrogen) atoms. The first-order chi connectivity index (χ1) is 12.5. The van der Waals surface area contributed by atoms with Crippen LogP contribution in [0.4, 0.5) is 0 Å². The standard InChI is InChI=1S/C19H27NO6/c1-24-13-19(18(22)23)9-10-20(12-19)17(21)6-4-5-14-7-8-15(25-2)11-16(14)26-3/h7-8,11H,4-6,9-10,12-13H2,1-3H3,(H,22,23). The smallest absolute Gasteiger partial charge is 0.313 e. The molecule has 0 saturated carbocycles. The molecule has 0 bridgehead atoms. The highest BCUT2D eigenvalue weighted by atomic mass is 16.5. The molecule has 1 aliphatic rings. The molecule has 2 rings (SSSR count). The summed E-state index contributed by atoms with van der Waals surface area (Å²) in [6.07, 6.45) is 2.17. The Bertz CT molecular complexity index is 647. The van der Waals surface area contributed by atoms with Crippen molar-refractivity contribution in [3.05, 3.63) is 23.8 Å². The van der Waals surface area contributed by atoms with Gasteiger partial charge in [0, 0.05) is 32.7 Å². The number of amides is 1. The first-order valence-corrected chi connectivity index (χ1v) is 8.67. The van der Waals surface area contributed by atoms with Crippen molar-refractivity contribution < 1.29 is 28.9 Å². The van der Waals surface area contributed by atoms with Crippen molar-refractivity contribution in [3.63, 3.8) is 0 Å². The van der Waals surface area contributed by atoms with Crippen LogP contribution in [0.25, 0.3) is 0 Å². The quantitative estimate of drug-likeness (QED) is 0.720. The highest BCUT2D eigenvalue weighted by Crippen LogP contribution is 2.32. The number of hydrogen-bond donors (Lipinski definition) is 1. The number of carboxylic acid groups (broad SMARTS) is 1. The van der Waals surface area contributed by atoms with Gasteiger partial charge in [-0.1, -0.05) is 6.07 Å². The second-order valence-corrected chi connectivity index (χ2v) is 6.62. The zero-order valence-corrected chi connectivity index (χ0v) is 15.6. The van der Waals surface area contributed by atoms with E-state index in [1.807, 2.05) is 18.2 Å². The molecule has 1 unspecified atom stereocenters. The topological polar surface area (TPSA) is 85.3 Å². The summed E-state index contributed by atoms with van der Waals surface area (Å²) in [5, 5.41) is 9.48. The average Bonchev–Trinajstić information content (AvgIpc) is 3.08. The summed E-state index contributed by atoms with van der Waals surface area (Å²) in [5.74, 6) is 0.541. The molecule has 1 aromatic rings. The van der Waals surface area contributed by atoms with Crippen LogP contribution < -0.4 is 9.47 Å². The van der Waals surface area contributed by atoms with Crippen LogP contribution in [0.5, 0.6) is 11.5 Å². The van der Waals surface area contributed by atoms with Gasteiger partial charge in [0.05, 0.1) is 20.8 Å². The van der Waals surface area contributed by atoms with Gasteiger partial charge in [0.25, 0.3) is 0 Å². The number of nitrogens with zero attached hydrogens (tertiary/aromatic N) is 1. The monoisotopic (exact) mass is 365 g/mol. The number of ether oxygens (including phenoxy) is 3. The Morgan fingerprint density at radius 1 is 1.23 bits per heavy atom. The molecule has 1 saturated heterocycles. The maximum Gasteiger partial charge on any atom is 0.313 e. The van der Waals surface area contributed by atoms with Gasteiger partial charge in [-0.15, -0.1) is 0 Å². The van der Waals surface area contributed by atoms with Gasteiger partial charge in [0.2, 0.25) is 5.91 Å². The van der Waals surface area contributed by atoms with Crippen LogP contribution in [-0.2, 0) is 20.7 Å². The summed E-state index contributed by atoms with van der Waals surface area (Å²) >= 11 is 0. The van der Waals surface area contributed by atoms with Gasteiger partial charge in [-0.25, -0.2) is 0 Å². The van der Waals surface area contributed by atoms with Crippen molar-refractivity contribution >= 4 is 11.9 Å². The molecule has 1 aromatic carbocycles. The van der Waals surface area contributed by atoms with Crippen molar-refractivity contribution in [1.29, 1.82) is 0 Å². The Labute approximate surface area is 153 Å². The lowest BCUT2D eigenvalue weighted by molar-refractivity contribution is -0.151. The summed E-state index contributed by atoms with van der Waals surface area (Å²) in [7, 11) is 4.69. The molecule has 0 radical (unpaired) electrons. The number of methoxy groups -OCH3 is 3. The third-order valence-corrected chi connectivity index (χ3v) is 4.91. The van der Waals surface area contributed by atoms with Crippen LogP contribution in [0.15, 0.2) is 18.2 Å². The molecule has 0 aliphatic carbocycles. The zero-order chi connectivity index (χ0) is 19.2. The molecule has 1 fully saturated rings. The number of aliphatic carboxylic acids is 1. The molecule has 144 valence electrons. The molecule has 7 heteroatoms. The zero-order valence-electron chi connectivity index (χ0n) is 15.6. The second-order valence-electron chi connectivity index (χ2n) is 6.62. The third kappa shape index (κ3) is 4.46. The molecule has 1 amide bonds. The highest BCUT2D eigenvalue weighted by Gasteiger charge is 2.46. The Kier molecular flexibility index (Phi) is 6.85. The first kappa shape index (κ1) is 20.0. The molecule has 1 N–H and O–H groups in total. The Morgan fingerprint density at radius 3 is 2.62 bits per heavy atom. The number of hydrogen-bond acceptors (Lipinski definition) is 5. The number of rotatable bonds is 9. The minimum Gasteiger partial charge on any atom is -0.497 e. The Hall–Kier alpha value is -2.28. The molecule has 1 aliphatic heterocycles. The van der Waals surface area contributed by atoms with Crippen LogP contribution in [-0.4, -0.2) is 62.9 Å². The molecular weight excluding hydrogens is 338 g/mol. The Morgan fingerprint density at radius 2 is 2.00 bits per heavy atom. The fourth-order valence-electron chi connectivity index (χ4n) is 3.36. The molecular formula is C19H27NO6. The third-order valence-electron chi connectivity index (χ3n) is 4.91. The van der Waals surface area contributed by atoms with Crippen molar-refractivity contribution in [3.8, 4) is 11.5 Å². The van der Waals surface area contributed by atoms with E-state index in [4.69, 9.17) is 14.2 Å². The predicted octanol–water partition coefficient (Wildman–Crippen LogP) is 1.98. The molecule has 0 spiro atoms. The van der Waals surface area contributed by atoms with E-state index in [1.54, 1.807) is 19.1 Å². The summed E-state index contributed by atoms with van der Waals surface area (Å²) in [6, 6.07) is 5.63. The minimum atomic E-state index is -0.983. The maximum absolute atomic E-state index is 12.4. The predicted molar refractivity (Wildman–Crippen MR) is 95.6 cm³/mol. The van der Waals surface area contributed by atoms with Crippen LogP contribution in [0.1, 0.15) is 24.8 Å². The van der Waals surface area contributed by atoms with E-state index in [0.717, 1.165) is 17.1 Å². The first-order valence-electron chi connectivity index (χ1n) is 8.67. The van der Waals surface area contributed by atoms with Crippen molar-refractivity contribution in [1.82, 2.24) is 4.90 Å². The fraction of sp³-hybridized carbons (Fsp3) is 0.579. The summed E-state index contributed by atoms with van der Waals surface area (Å²) in [6.45, 7) is 0.788. The van der Waals surface area contributed by atoms with Crippen LogP contribution in [0, 0.1) is 5.41 Å². The van der Waals surface area contributed by atoms with Crippen molar-refractivity contribution in [2.75, 3.05) is 41.0 Å². The lowest BCUT2D eigenvalue weighted by Crippen LogP contribution is -2.40. The molecule has 1 atom stereocenters. The van der Waals surface area contributed by atoms with Gasteiger partial charge in [-0.3, -0.25) is 9.59 Å². The number of carbonyl (C=O) groups excluding carboxylic acids is 1. The second kappa shape index (κ2) is 8.89. The van der Waals surface area contributed by atoms with Crippen molar-refractivity contribution in [2.45, 2.75) is 25.7 Å². The number of aryl methyl sites for hydroxylation is 1. The lowest BCUT2D eigenvalue weighted by atomic mass is 9.88. The fourth-order valence-corrected chi connectivity index (χ4v) is 3.36. The van der Waals surface area contributed by atoms with Crippen LogP contribution >= 0.6 is 0 Å². The normalized spacial score (nSPS) is 19.4. The number of likely N-dealkylation sites (tertiary alicyclic amines) is 1. The van der Waals surface area contributed by atoms with Gasteiger partial charge < -0.3 is 24.2 Å². The largest absolute Gasteiger partial charge is 0.497 e. The van der Waals surface area contributed by atoms with Gasteiger partial charge in [-0.05, 0) is 30.9 Å². The van der Waals surface area contributed by atoms with E-state index in [2.05, 4.69) is 0 Å². The van der Waals surface area contributed by atoms with E-state index < -0.39 is 11.4 Å². The highest BCUT2D eigenvalue weighted by molar-refractivity contribution is 5.80. The van der Waals surface area contributed by atoms with Gasteiger partial charge in [0.1, 0.15) is 16.9 Å². The van der Waals surface area contributed by atoms with Crippen molar-refractivity contribution in [2.24, 2.45) is 5.41 Å². The maximum atomic E-state index is 12.4. The summed E-state index contributed by atoms with van der Waals surface area (Å²) in [4.78, 5) is 25.6. The van der Waals surface area contributed by atoms with E-state index in [0.29, 0.717) is 32.2 Å². The lowest BCUT2D eigenvalue weighted by Gasteiger charge is -2.23. The SMILES string of the molecule is COCC1(C(=O)O)CCN(C(=O)CCCc2ccc(OC)cc2OC)C1. The molecule has 7 nitrogen and oxygen atoms in total. The van der Waals surface area contributed by atoms with E-state index >= 15 is 0 Å². The number of benzene rings is 1. The molecule has 0 aromatic heterocycles. The molecule has 1 heterocycles. The minimum absolute atomic E-state index is 0.0169. The summed E-state index contributed by atoms with van der Waals surface area (Å²) < 4.78 is 15.6. The van der Waals surface area contributed by atoms with Crippen LogP contribution in [0.2, 0.25) is 0 Å². The summed E-state index contributed by atoms with van der Waals surface area (Å²) in [5.41, 5.74) is 0.0330. The number of carbonyl (C=O) groups is 2. The Balaban J connectivity index is 1.89. The van der Waals surface area contributed by atoms with E-state index in [1.165, 1.54) is 7.11 Å². The van der Waals surface area contributed by atoms with Crippen LogP contribution in [0.3, 0.4) is 0 Å². The van der Waals surface area contributed by atoms with Gasteiger partial charge in [0.15, 0.2) is 0 Å². The van der Waals surface area contributed by atoms with E-state index in [-0.39, 0.29) is 19.1 Å².